The lowest BCUT2D eigenvalue weighted by atomic mass is 9.97. The van der Waals surface area contributed by atoms with Crippen molar-refractivity contribution >= 4 is 56.6 Å². The number of hydrogen-bond acceptors (Lipinski definition) is 6. The van der Waals surface area contributed by atoms with E-state index in [1.165, 1.54) is 12.1 Å². The van der Waals surface area contributed by atoms with Crippen LogP contribution >= 0.6 is 23.2 Å². The van der Waals surface area contributed by atoms with E-state index in [-0.39, 0.29) is 23.0 Å². The monoisotopic (exact) mass is 607 g/mol. The van der Waals surface area contributed by atoms with Crippen molar-refractivity contribution in [2.45, 2.75) is 31.8 Å². The third-order valence-electron chi connectivity index (χ3n) is 8.43. The molecule has 4 aromatic rings. The van der Waals surface area contributed by atoms with E-state index in [1.54, 1.807) is 11.0 Å². The number of piperazine rings is 1. The molecule has 2 atom stereocenters. The summed E-state index contributed by atoms with van der Waals surface area (Å²) in [6.07, 6.45) is 3.54. The number of benzene rings is 3. The summed E-state index contributed by atoms with van der Waals surface area (Å²) in [5, 5.41) is 2.68. The van der Waals surface area contributed by atoms with Gasteiger partial charge in [-0.2, -0.15) is 9.97 Å². The molecule has 1 aromatic heterocycles. The van der Waals surface area contributed by atoms with Gasteiger partial charge in [0.2, 0.25) is 5.91 Å². The molecule has 0 spiro atoms. The molecule has 0 saturated carbocycles. The van der Waals surface area contributed by atoms with Gasteiger partial charge in [-0.25, -0.2) is 4.39 Å². The van der Waals surface area contributed by atoms with Crippen LogP contribution in [0.2, 0.25) is 10.0 Å². The van der Waals surface area contributed by atoms with E-state index in [9.17, 15) is 9.18 Å². The molecule has 2 saturated heterocycles. The van der Waals surface area contributed by atoms with Gasteiger partial charge < -0.3 is 19.4 Å². The first-order valence-electron chi connectivity index (χ1n) is 14.1. The lowest BCUT2D eigenvalue weighted by Gasteiger charge is -2.40. The molecule has 218 valence electrons. The second-order valence-corrected chi connectivity index (χ2v) is 11.8. The lowest BCUT2D eigenvalue weighted by molar-refractivity contribution is -0.126. The van der Waals surface area contributed by atoms with E-state index in [0.717, 1.165) is 30.2 Å². The summed E-state index contributed by atoms with van der Waals surface area (Å²) in [6.45, 7) is 8.87. The van der Waals surface area contributed by atoms with E-state index in [1.807, 2.05) is 30.3 Å². The van der Waals surface area contributed by atoms with Crippen LogP contribution in [0, 0.1) is 5.82 Å². The Hall–Kier alpha value is -3.46. The average Bonchev–Trinajstić information content (AvgIpc) is 3.41. The first-order chi connectivity index (χ1) is 20.2. The zero-order chi connectivity index (χ0) is 29.5. The van der Waals surface area contributed by atoms with Crippen LogP contribution in [0.15, 0.2) is 55.1 Å². The molecular formula is C32H32Cl2FN5O2. The van der Waals surface area contributed by atoms with Gasteiger partial charge in [-0.15, -0.1) is 0 Å². The van der Waals surface area contributed by atoms with Gasteiger partial charge in [-0.05, 0) is 68.6 Å². The largest absolute Gasteiger partial charge is 0.462 e. The molecule has 0 N–H and O–H groups in total. The highest BCUT2D eigenvalue weighted by molar-refractivity contribution is 6.38. The maximum atomic E-state index is 14.5. The molecule has 3 heterocycles. The fraction of sp³-hybridized carbons (Fsp3) is 0.344. The number of carbonyl (C=O) groups excluding carboxylic acids is 1. The number of nitrogens with zero attached hydrogens (tertiary/aromatic N) is 5. The zero-order valence-corrected chi connectivity index (χ0v) is 25.1. The molecule has 0 unspecified atom stereocenters. The quantitative estimate of drug-likeness (QED) is 0.230. The number of likely N-dealkylation sites (tertiary alicyclic amines) is 1. The van der Waals surface area contributed by atoms with E-state index in [0.29, 0.717) is 65.2 Å². The molecule has 6 rings (SSSR count). The maximum absolute atomic E-state index is 14.5. The third kappa shape index (κ3) is 5.27. The maximum Gasteiger partial charge on any atom is 0.319 e. The zero-order valence-electron chi connectivity index (χ0n) is 23.6. The van der Waals surface area contributed by atoms with Crippen molar-refractivity contribution in [3.05, 3.63) is 71.0 Å². The molecule has 3 aromatic carbocycles. The Labute approximate surface area is 254 Å². The van der Waals surface area contributed by atoms with Crippen LogP contribution in [-0.2, 0) is 4.79 Å². The highest BCUT2D eigenvalue weighted by Crippen LogP contribution is 2.41. The van der Waals surface area contributed by atoms with Crippen LogP contribution in [0.1, 0.15) is 19.8 Å². The number of likely N-dealkylation sites (N-methyl/N-ethyl adjacent to an activating group) is 1. The topological polar surface area (TPSA) is 61.8 Å². The van der Waals surface area contributed by atoms with Crippen LogP contribution in [0.3, 0.4) is 0 Å². The predicted molar refractivity (Wildman–Crippen MR) is 167 cm³/mol. The van der Waals surface area contributed by atoms with Gasteiger partial charge in [0, 0.05) is 53.1 Å². The van der Waals surface area contributed by atoms with Crippen LogP contribution in [0.5, 0.6) is 6.01 Å². The summed E-state index contributed by atoms with van der Waals surface area (Å²) in [6, 6.07) is 13.1. The minimum Gasteiger partial charge on any atom is -0.462 e. The molecule has 42 heavy (non-hydrogen) atoms. The van der Waals surface area contributed by atoms with Crippen LogP contribution in [-0.4, -0.2) is 77.6 Å². The van der Waals surface area contributed by atoms with Crippen molar-refractivity contribution in [2.24, 2.45) is 0 Å². The normalized spacial score (nSPS) is 19.5. The van der Waals surface area contributed by atoms with Crippen LogP contribution in [0.4, 0.5) is 10.2 Å². The highest BCUT2D eigenvalue weighted by atomic mass is 35.5. The van der Waals surface area contributed by atoms with E-state index in [4.69, 9.17) is 37.9 Å². The summed E-state index contributed by atoms with van der Waals surface area (Å²) in [4.78, 5) is 28.3. The standard InChI is InChI=1S/C32H32Cl2FN5O2/c1-4-28(41)39-13-14-40(19(2)17-39)31-24-15-25(33)23(22-9-5-7-20-10-11-26(35)30(34)29(20)22)16-27(24)36-32(37-31)42-18-21-8-6-12-38(21)3/h4-5,7,9-11,15-16,19,21H,1,6,8,12-14,17-18H2,2-3H3/t19-,21-/m0/s1. The van der Waals surface area contributed by atoms with Crippen LogP contribution < -0.4 is 9.64 Å². The second-order valence-electron chi connectivity index (χ2n) is 11.1. The molecule has 2 fully saturated rings. The van der Waals surface area contributed by atoms with Gasteiger partial charge in [-0.1, -0.05) is 54.0 Å². The molecule has 10 heteroatoms. The number of carbonyl (C=O) groups is 1. The van der Waals surface area contributed by atoms with Crippen molar-refractivity contribution in [1.82, 2.24) is 19.8 Å². The molecular weight excluding hydrogens is 576 g/mol. The fourth-order valence-electron chi connectivity index (χ4n) is 6.10. The Morgan fingerprint density at radius 2 is 1.98 bits per heavy atom. The van der Waals surface area contributed by atoms with Crippen molar-refractivity contribution in [3.8, 4) is 17.1 Å². The van der Waals surface area contributed by atoms with Gasteiger partial charge in [0.05, 0.1) is 10.5 Å². The van der Waals surface area contributed by atoms with Crippen molar-refractivity contribution in [3.63, 3.8) is 0 Å². The Morgan fingerprint density at radius 3 is 2.71 bits per heavy atom. The Morgan fingerprint density at radius 1 is 1.14 bits per heavy atom. The molecule has 2 aliphatic heterocycles. The summed E-state index contributed by atoms with van der Waals surface area (Å²) in [7, 11) is 2.10. The number of hydrogen-bond donors (Lipinski definition) is 0. The molecule has 2 aliphatic rings. The third-order valence-corrected chi connectivity index (χ3v) is 9.11. The van der Waals surface area contributed by atoms with Crippen molar-refractivity contribution in [2.75, 3.05) is 44.7 Å². The second kappa shape index (κ2) is 11.7. The smallest absolute Gasteiger partial charge is 0.319 e. The summed E-state index contributed by atoms with van der Waals surface area (Å²) in [5.74, 6) is 0.119. The van der Waals surface area contributed by atoms with Gasteiger partial charge in [-0.3, -0.25) is 4.79 Å². The summed E-state index contributed by atoms with van der Waals surface area (Å²) in [5.41, 5.74) is 2.04. The first kappa shape index (κ1) is 28.6. The number of rotatable bonds is 6. The van der Waals surface area contributed by atoms with Gasteiger partial charge in [0.25, 0.3) is 0 Å². The fourth-order valence-corrected chi connectivity index (χ4v) is 6.64. The molecule has 0 bridgehead atoms. The number of fused-ring (bicyclic) bond motifs is 2. The number of amides is 1. The SMILES string of the molecule is C=CC(=O)N1CCN(c2nc(OC[C@@H]3CCCN3C)nc3cc(-c4cccc5ccc(F)c(Cl)c45)c(Cl)cc23)[C@@H](C)C1. The molecule has 0 radical (unpaired) electrons. The molecule has 1 amide bonds. The minimum absolute atomic E-state index is 0.0205. The molecule has 7 nitrogen and oxygen atoms in total. The van der Waals surface area contributed by atoms with E-state index < -0.39 is 5.82 Å². The first-order valence-corrected chi connectivity index (χ1v) is 14.9. The Kier molecular flexibility index (Phi) is 7.96. The van der Waals surface area contributed by atoms with Gasteiger partial charge in [0.1, 0.15) is 18.2 Å². The predicted octanol–water partition coefficient (Wildman–Crippen LogP) is 6.59. The van der Waals surface area contributed by atoms with E-state index >= 15 is 0 Å². The Bertz CT molecular complexity index is 1700. The van der Waals surface area contributed by atoms with Crippen LogP contribution in [0.25, 0.3) is 32.8 Å². The van der Waals surface area contributed by atoms with Crippen molar-refractivity contribution < 1.29 is 13.9 Å². The van der Waals surface area contributed by atoms with Crippen molar-refractivity contribution in [1.29, 1.82) is 0 Å². The average molecular weight is 609 g/mol. The van der Waals surface area contributed by atoms with E-state index in [2.05, 4.69) is 30.4 Å². The Balaban J connectivity index is 1.47. The number of halogens is 3. The minimum atomic E-state index is -0.492. The van der Waals surface area contributed by atoms with Gasteiger partial charge >= 0.3 is 6.01 Å². The molecule has 0 aliphatic carbocycles. The number of anilines is 1. The number of ether oxygens (including phenoxy) is 1. The summed E-state index contributed by atoms with van der Waals surface area (Å²) < 4.78 is 20.8. The summed E-state index contributed by atoms with van der Waals surface area (Å²) >= 11 is 13.4. The lowest BCUT2D eigenvalue weighted by Crippen LogP contribution is -2.53. The highest BCUT2D eigenvalue weighted by Gasteiger charge is 2.29. The number of aromatic nitrogens is 2. The van der Waals surface area contributed by atoms with Gasteiger partial charge in [0.15, 0.2) is 0 Å².